The van der Waals surface area contributed by atoms with Crippen LogP contribution in [-0.2, 0) is 7.05 Å². The van der Waals surface area contributed by atoms with Gasteiger partial charge < -0.3 is 0 Å². The molecule has 0 radical (unpaired) electrons. The van der Waals surface area contributed by atoms with Gasteiger partial charge in [0.1, 0.15) is 7.05 Å². The van der Waals surface area contributed by atoms with Crippen molar-refractivity contribution in [3.63, 3.8) is 0 Å². The lowest BCUT2D eigenvalue weighted by atomic mass is 9.81. The molecule has 1 saturated carbocycles. The van der Waals surface area contributed by atoms with Crippen molar-refractivity contribution in [2.24, 2.45) is 7.05 Å². The molecule has 1 aliphatic carbocycles. The van der Waals surface area contributed by atoms with Gasteiger partial charge in [-0.05, 0) is 72.2 Å². The van der Waals surface area contributed by atoms with E-state index in [9.17, 15) is 0 Å². The van der Waals surface area contributed by atoms with Gasteiger partial charge in [-0.15, -0.1) is 0 Å². The smallest absolute Gasteiger partial charge is 0.201 e. The minimum atomic E-state index is 0.662. The number of aromatic nitrogens is 1. The zero-order valence-corrected chi connectivity index (χ0v) is 19.0. The molecular weight excluding hydrogens is 374 g/mol. The zero-order chi connectivity index (χ0) is 21.4. The maximum atomic E-state index is 2.45. The molecule has 3 aromatic carbocycles. The Morgan fingerprint density at radius 3 is 2.29 bits per heavy atom. The summed E-state index contributed by atoms with van der Waals surface area (Å²) in [7, 11) is 2.21. The SMILES string of the molecule is Cc1ccc2cc(-c3cc(-c4ccccc4C)[n+](C)cc3C3CCCCC3)ccc2c1. The Labute approximate surface area is 186 Å². The lowest BCUT2D eigenvalue weighted by molar-refractivity contribution is -0.660. The topological polar surface area (TPSA) is 3.88 Å². The van der Waals surface area contributed by atoms with E-state index in [4.69, 9.17) is 0 Å². The third-order valence-corrected chi connectivity index (χ3v) is 7.08. The van der Waals surface area contributed by atoms with Gasteiger partial charge in [0.05, 0.1) is 0 Å². The molecule has 1 fully saturated rings. The van der Waals surface area contributed by atoms with E-state index in [0.717, 1.165) is 0 Å². The molecule has 31 heavy (non-hydrogen) atoms. The molecule has 1 heteroatoms. The third kappa shape index (κ3) is 3.90. The van der Waals surface area contributed by atoms with Crippen LogP contribution in [0.5, 0.6) is 0 Å². The van der Waals surface area contributed by atoms with Crippen molar-refractivity contribution in [1.82, 2.24) is 0 Å². The van der Waals surface area contributed by atoms with Crippen molar-refractivity contribution in [2.45, 2.75) is 51.9 Å². The number of aryl methyl sites for hydroxylation is 3. The van der Waals surface area contributed by atoms with Gasteiger partial charge in [-0.25, -0.2) is 4.57 Å². The number of hydrogen-bond acceptors (Lipinski definition) is 0. The highest BCUT2D eigenvalue weighted by molar-refractivity contribution is 5.88. The van der Waals surface area contributed by atoms with Gasteiger partial charge in [0.2, 0.25) is 5.69 Å². The van der Waals surface area contributed by atoms with Crippen molar-refractivity contribution in [3.05, 3.63) is 89.6 Å². The maximum Gasteiger partial charge on any atom is 0.213 e. The summed E-state index contributed by atoms with van der Waals surface area (Å²) < 4.78 is 2.35. The first kappa shape index (κ1) is 20.0. The first-order chi connectivity index (χ1) is 15.1. The van der Waals surface area contributed by atoms with Gasteiger partial charge >= 0.3 is 0 Å². The Morgan fingerprint density at radius 1 is 0.742 bits per heavy atom. The number of benzene rings is 3. The van der Waals surface area contributed by atoms with E-state index in [0.29, 0.717) is 5.92 Å². The summed E-state index contributed by atoms with van der Waals surface area (Å²) in [5, 5.41) is 2.65. The summed E-state index contributed by atoms with van der Waals surface area (Å²) in [4.78, 5) is 0. The Bertz CT molecular complexity index is 1240. The monoisotopic (exact) mass is 406 g/mol. The summed E-state index contributed by atoms with van der Waals surface area (Å²) in [5.74, 6) is 0.662. The molecular formula is C30H32N+. The molecule has 1 aromatic heterocycles. The van der Waals surface area contributed by atoms with E-state index in [-0.39, 0.29) is 0 Å². The predicted molar refractivity (Wildman–Crippen MR) is 131 cm³/mol. The Kier molecular flexibility index (Phi) is 5.36. The highest BCUT2D eigenvalue weighted by Gasteiger charge is 2.25. The molecule has 0 bridgehead atoms. The van der Waals surface area contributed by atoms with Crippen LogP contribution >= 0.6 is 0 Å². The van der Waals surface area contributed by atoms with Crippen LogP contribution in [-0.4, -0.2) is 0 Å². The average molecular weight is 407 g/mol. The van der Waals surface area contributed by atoms with E-state index in [1.807, 2.05) is 0 Å². The molecule has 0 amide bonds. The lowest BCUT2D eigenvalue weighted by Gasteiger charge is -2.24. The molecule has 0 aliphatic heterocycles. The number of rotatable bonds is 3. The molecule has 0 atom stereocenters. The van der Waals surface area contributed by atoms with E-state index < -0.39 is 0 Å². The quantitative estimate of drug-likeness (QED) is 0.307. The van der Waals surface area contributed by atoms with Crippen LogP contribution in [0.2, 0.25) is 0 Å². The highest BCUT2D eigenvalue weighted by atomic mass is 14.9. The van der Waals surface area contributed by atoms with Gasteiger partial charge in [0.25, 0.3) is 0 Å². The van der Waals surface area contributed by atoms with Gasteiger partial charge in [0, 0.05) is 17.2 Å². The second-order valence-electron chi connectivity index (χ2n) is 9.35. The predicted octanol–water partition coefficient (Wildman–Crippen LogP) is 7.66. The van der Waals surface area contributed by atoms with Crippen molar-refractivity contribution in [1.29, 1.82) is 0 Å². The summed E-state index contributed by atoms with van der Waals surface area (Å²) >= 11 is 0. The van der Waals surface area contributed by atoms with Crippen LogP contribution in [0, 0.1) is 13.8 Å². The van der Waals surface area contributed by atoms with E-state index in [2.05, 4.69) is 98.4 Å². The molecule has 0 unspecified atom stereocenters. The average Bonchev–Trinajstić information content (AvgIpc) is 2.80. The fraction of sp³-hybridized carbons (Fsp3) is 0.300. The Balaban J connectivity index is 1.72. The minimum Gasteiger partial charge on any atom is -0.201 e. The van der Waals surface area contributed by atoms with Crippen molar-refractivity contribution >= 4 is 10.8 Å². The molecule has 156 valence electrons. The summed E-state index contributed by atoms with van der Waals surface area (Å²) in [6.45, 7) is 4.38. The van der Waals surface area contributed by atoms with Crippen molar-refractivity contribution < 1.29 is 4.57 Å². The Hall–Kier alpha value is -2.93. The molecule has 4 aromatic rings. The van der Waals surface area contributed by atoms with Crippen LogP contribution in [0.15, 0.2) is 72.9 Å². The normalized spacial score (nSPS) is 14.8. The molecule has 0 N–H and O–H groups in total. The van der Waals surface area contributed by atoms with Crippen LogP contribution < -0.4 is 4.57 Å². The van der Waals surface area contributed by atoms with Crippen LogP contribution in [0.4, 0.5) is 0 Å². The summed E-state index contributed by atoms with van der Waals surface area (Å²) in [6.07, 6.45) is 9.13. The highest BCUT2D eigenvalue weighted by Crippen LogP contribution is 2.39. The standard InChI is InChI=1S/C30H32N/c1-21-13-14-25-18-26(16-15-24(25)17-21)28-19-30(27-12-8-7-9-22(27)2)31(3)20-29(28)23-10-5-4-6-11-23/h7-9,12-20,23H,4-6,10-11H2,1-3H3/q+1. The van der Waals surface area contributed by atoms with Gasteiger partial charge in [-0.2, -0.15) is 0 Å². The van der Waals surface area contributed by atoms with Gasteiger partial charge in [0.15, 0.2) is 6.20 Å². The molecule has 1 heterocycles. The number of nitrogens with zero attached hydrogens (tertiary/aromatic N) is 1. The zero-order valence-electron chi connectivity index (χ0n) is 19.0. The van der Waals surface area contributed by atoms with Crippen LogP contribution in [0.1, 0.15) is 54.7 Å². The lowest BCUT2D eigenvalue weighted by Crippen LogP contribution is -2.32. The first-order valence-corrected chi connectivity index (χ1v) is 11.7. The first-order valence-electron chi connectivity index (χ1n) is 11.7. The molecule has 0 saturated heterocycles. The fourth-order valence-corrected chi connectivity index (χ4v) is 5.32. The van der Waals surface area contributed by atoms with E-state index >= 15 is 0 Å². The largest absolute Gasteiger partial charge is 0.213 e. The van der Waals surface area contributed by atoms with Crippen molar-refractivity contribution in [3.8, 4) is 22.4 Å². The number of hydrogen-bond donors (Lipinski definition) is 0. The van der Waals surface area contributed by atoms with Crippen LogP contribution in [0.3, 0.4) is 0 Å². The Morgan fingerprint density at radius 2 is 1.48 bits per heavy atom. The third-order valence-electron chi connectivity index (χ3n) is 7.08. The molecule has 5 rings (SSSR count). The summed E-state index contributed by atoms with van der Waals surface area (Å²) in [6, 6.07) is 25.0. The molecule has 1 aliphatic rings. The summed E-state index contributed by atoms with van der Waals surface area (Å²) in [5.41, 5.74) is 9.51. The molecule has 0 spiro atoms. The van der Waals surface area contributed by atoms with Gasteiger partial charge in [-0.3, -0.25) is 0 Å². The molecule has 1 nitrogen and oxygen atoms in total. The second kappa shape index (κ2) is 8.30. The second-order valence-corrected chi connectivity index (χ2v) is 9.35. The minimum absolute atomic E-state index is 0.662. The van der Waals surface area contributed by atoms with Gasteiger partial charge in [-0.1, -0.05) is 73.4 Å². The van der Waals surface area contributed by atoms with E-state index in [1.165, 1.54) is 82.0 Å². The fourth-order valence-electron chi connectivity index (χ4n) is 5.32. The number of pyridine rings is 1. The number of fused-ring (bicyclic) bond motifs is 1. The van der Waals surface area contributed by atoms with Crippen molar-refractivity contribution in [2.75, 3.05) is 0 Å². The van der Waals surface area contributed by atoms with Crippen LogP contribution in [0.25, 0.3) is 33.2 Å². The van der Waals surface area contributed by atoms with E-state index in [1.54, 1.807) is 0 Å². The maximum absolute atomic E-state index is 2.45.